The number of aryl methyl sites for hydroxylation is 1. The van der Waals surface area contributed by atoms with Gasteiger partial charge in [-0.15, -0.1) is 0 Å². The number of nitrogens with zero attached hydrogens (tertiary/aromatic N) is 1. The Balaban J connectivity index is 2.18. The van der Waals surface area contributed by atoms with E-state index in [1.54, 1.807) is 24.2 Å². The van der Waals surface area contributed by atoms with Gasteiger partial charge in [-0.2, -0.15) is 0 Å². The van der Waals surface area contributed by atoms with Crippen LogP contribution in [0.25, 0.3) is 0 Å². The van der Waals surface area contributed by atoms with Crippen LogP contribution in [-0.4, -0.2) is 10.5 Å². The highest BCUT2D eigenvalue weighted by molar-refractivity contribution is 7.99. The summed E-state index contributed by atoms with van der Waals surface area (Å²) in [5.41, 5.74) is 2.65. The molecule has 0 spiro atoms. The van der Waals surface area contributed by atoms with Crippen molar-refractivity contribution in [1.29, 1.82) is 0 Å². The molecule has 3 nitrogen and oxygen atoms in total. The fourth-order valence-electron chi connectivity index (χ4n) is 1.66. The molecule has 0 bridgehead atoms. The van der Waals surface area contributed by atoms with Gasteiger partial charge in [0, 0.05) is 17.0 Å². The molecule has 0 aliphatic carbocycles. The van der Waals surface area contributed by atoms with Gasteiger partial charge in [-0.1, -0.05) is 17.7 Å². The van der Waals surface area contributed by atoms with E-state index in [1.165, 1.54) is 16.0 Å². The van der Waals surface area contributed by atoms with Gasteiger partial charge < -0.3 is 9.73 Å². The van der Waals surface area contributed by atoms with E-state index >= 15 is 0 Å². The number of benzene rings is 1. The number of oxazole rings is 1. The quantitative estimate of drug-likeness (QED) is 0.915. The van der Waals surface area contributed by atoms with Gasteiger partial charge in [0.15, 0.2) is 0 Å². The molecule has 2 aromatic rings. The van der Waals surface area contributed by atoms with Gasteiger partial charge in [-0.3, -0.25) is 0 Å². The molecule has 0 unspecified atom stereocenters. The van der Waals surface area contributed by atoms with Crippen LogP contribution in [0.3, 0.4) is 0 Å². The predicted molar refractivity (Wildman–Crippen MR) is 78.4 cm³/mol. The van der Waals surface area contributed by atoms with E-state index in [-0.39, 0.29) is 5.54 Å². The second-order valence-electron chi connectivity index (χ2n) is 5.61. The molecule has 19 heavy (non-hydrogen) atoms. The zero-order chi connectivity index (χ0) is 13.9. The Bertz CT molecular complexity index is 530. The Morgan fingerprint density at radius 3 is 2.74 bits per heavy atom. The van der Waals surface area contributed by atoms with Gasteiger partial charge >= 0.3 is 0 Å². The molecule has 0 atom stereocenters. The first kappa shape index (κ1) is 14.2. The summed E-state index contributed by atoms with van der Waals surface area (Å²) in [6.07, 6.45) is 3.27. The lowest BCUT2D eigenvalue weighted by Gasteiger charge is -2.21. The molecule has 102 valence electrons. The Morgan fingerprint density at radius 1 is 1.32 bits per heavy atom. The van der Waals surface area contributed by atoms with Crippen molar-refractivity contribution in [1.82, 2.24) is 10.3 Å². The van der Waals surface area contributed by atoms with E-state index in [2.05, 4.69) is 56.2 Å². The molecule has 0 saturated heterocycles. The number of rotatable bonds is 4. The third-order valence-corrected chi connectivity index (χ3v) is 3.63. The van der Waals surface area contributed by atoms with Crippen molar-refractivity contribution in [2.45, 2.75) is 49.9 Å². The Labute approximate surface area is 118 Å². The third kappa shape index (κ3) is 4.40. The average molecular weight is 276 g/mol. The van der Waals surface area contributed by atoms with Crippen LogP contribution in [0.2, 0.25) is 0 Å². The van der Waals surface area contributed by atoms with Gasteiger partial charge in [0.2, 0.25) is 0 Å². The summed E-state index contributed by atoms with van der Waals surface area (Å²) in [6.45, 7) is 9.46. The van der Waals surface area contributed by atoms with E-state index in [1.807, 2.05) is 0 Å². The molecule has 0 aliphatic rings. The fourth-order valence-corrected chi connectivity index (χ4v) is 2.46. The second-order valence-corrected chi connectivity index (χ2v) is 6.61. The van der Waals surface area contributed by atoms with Gasteiger partial charge in [0.25, 0.3) is 5.22 Å². The molecule has 1 heterocycles. The number of hydrogen-bond donors (Lipinski definition) is 1. The average Bonchev–Trinajstić information content (AvgIpc) is 2.81. The zero-order valence-electron chi connectivity index (χ0n) is 11.9. The highest BCUT2D eigenvalue weighted by atomic mass is 32.2. The fraction of sp³-hybridized carbons (Fsp3) is 0.400. The summed E-state index contributed by atoms with van der Waals surface area (Å²) in [6, 6.07) is 6.46. The molecule has 1 aromatic carbocycles. The van der Waals surface area contributed by atoms with Crippen molar-refractivity contribution in [2.24, 2.45) is 0 Å². The van der Waals surface area contributed by atoms with E-state index in [4.69, 9.17) is 4.42 Å². The van der Waals surface area contributed by atoms with E-state index in [9.17, 15) is 0 Å². The maximum Gasteiger partial charge on any atom is 0.260 e. The van der Waals surface area contributed by atoms with Crippen LogP contribution in [0.15, 0.2) is 45.2 Å². The molecule has 0 radical (unpaired) electrons. The minimum absolute atomic E-state index is 0.106. The van der Waals surface area contributed by atoms with E-state index < -0.39 is 0 Å². The zero-order valence-corrected chi connectivity index (χ0v) is 12.7. The van der Waals surface area contributed by atoms with Crippen LogP contribution in [0.1, 0.15) is 31.9 Å². The van der Waals surface area contributed by atoms with Crippen molar-refractivity contribution >= 4 is 11.8 Å². The predicted octanol–water partition coefficient (Wildman–Crippen LogP) is 4.02. The van der Waals surface area contributed by atoms with Crippen LogP contribution in [0.4, 0.5) is 0 Å². The van der Waals surface area contributed by atoms with Gasteiger partial charge in [0.1, 0.15) is 6.26 Å². The summed E-state index contributed by atoms with van der Waals surface area (Å²) in [4.78, 5) is 5.34. The van der Waals surface area contributed by atoms with Crippen molar-refractivity contribution in [3.05, 3.63) is 41.8 Å². The maximum atomic E-state index is 5.30. The number of nitrogens with one attached hydrogen (secondary N) is 1. The minimum atomic E-state index is 0.106. The summed E-state index contributed by atoms with van der Waals surface area (Å²) in [5, 5.41) is 4.20. The molecule has 0 saturated carbocycles. The lowest BCUT2D eigenvalue weighted by Crippen LogP contribution is -2.35. The monoisotopic (exact) mass is 276 g/mol. The molecule has 0 fully saturated rings. The highest BCUT2D eigenvalue weighted by Gasteiger charge is 2.12. The number of hydrogen-bond acceptors (Lipinski definition) is 4. The van der Waals surface area contributed by atoms with Crippen LogP contribution in [-0.2, 0) is 6.54 Å². The van der Waals surface area contributed by atoms with Crippen molar-refractivity contribution in [3.8, 4) is 0 Å². The van der Waals surface area contributed by atoms with Gasteiger partial charge in [-0.25, -0.2) is 4.98 Å². The smallest absolute Gasteiger partial charge is 0.260 e. The molecule has 2 rings (SSSR count). The van der Waals surface area contributed by atoms with E-state index in [0.717, 1.165) is 6.54 Å². The second kappa shape index (κ2) is 5.80. The van der Waals surface area contributed by atoms with Crippen LogP contribution >= 0.6 is 11.8 Å². The summed E-state index contributed by atoms with van der Waals surface area (Å²) < 4.78 is 5.30. The summed E-state index contributed by atoms with van der Waals surface area (Å²) >= 11 is 1.56. The Hall–Kier alpha value is -1.26. The van der Waals surface area contributed by atoms with E-state index in [0.29, 0.717) is 5.22 Å². The van der Waals surface area contributed by atoms with Crippen molar-refractivity contribution in [2.75, 3.05) is 0 Å². The number of aromatic nitrogens is 1. The molecule has 1 aromatic heterocycles. The van der Waals surface area contributed by atoms with Crippen LogP contribution in [0.5, 0.6) is 0 Å². The molecular formula is C15H20N2OS. The first-order valence-electron chi connectivity index (χ1n) is 6.36. The SMILES string of the molecule is Cc1ccc(Sc2ncco2)c(CNC(C)(C)C)c1. The Kier molecular flexibility index (Phi) is 4.32. The Morgan fingerprint density at radius 2 is 2.11 bits per heavy atom. The van der Waals surface area contributed by atoms with Crippen LogP contribution < -0.4 is 5.32 Å². The first-order valence-corrected chi connectivity index (χ1v) is 7.17. The van der Waals surface area contributed by atoms with Gasteiger partial charge in [0.05, 0.1) is 6.20 Å². The molecule has 0 aliphatic heterocycles. The summed E-state index contributed by atoms with van der Waals surface area (Å²) in [7, 11) is 0. The van der Waals surface area contributed by atoms with Crippen molar-refractivity contribution < 1.29 is 4.42 Å². The minimum Gasteiger partial charge on any atom is -0.440 e. The van der Waals surface area contributed by atoms with Crippen molar-refractivity contribution in [3.63, 3.8) is 0 Å². The summed E-state index contributed by atoms with van der Waals surface area (Å²) in [5.74, 6) is 0. The highest BCUT2D eigenvalue weighted by Crippen LogP contribution is 2.30. The molecule has 0 amide bonds. The maximum absolute atomic E-state index is 5.30. The molecule has 1 N–H and O–H groups in total. The normalized spacial score (nSPS) is 11.8. The standard InChI is InChI=1S/C15H20N2OS/c1-11-5-6-13(19-14-16-7-8-18-14)12(9-11)10-17-15(2,3)4/h5-9,17H,10H2,1-4H3. The van der Waals surface area contributed by atoms with Gasteiger partial charge in [-0.05, 0) is 51.1 Å². The molecular weight excluding hydrogens is 256 g/mol. The lowest BCUT2D eigenvalue weighted by atomic mass is 10.1. The van der Waals surface area contributed by atoms with Crippen LogP contribution in [0, 0.1) is 6.92 Å². The lowest BCUT2D eigenvalue weighted by molar-refractivity contribution is 0.422. The largest absolute Gasteiger partial charge is 0.440 e. The topological polar surface area (TPSA) is 38.1 Å². The molecule has 4 heteroatoms. The third-order valence-electron chi connectivity index (χ3n) is 2.63. The first-order chi connectivity index (χ1) is 8.94.